The molecule has 1 spiro atoms. The highest BCUT2D eigenvalue weighted by atomic mass is 35.5. The first-order valence-electron chi connectivity index (χ1n) is 9.89. The van der Waals surface area contributed by atoms with E-state index >= 15 is 0 Å². The van der Waals surface area contributed by atoms with E-state index in [0.29, 0.717) is 23.7 Å². The third-order valence-corrected chi connectivity index (χ3v) is 7.70. The van der Waals surface area contributed by atoms with Crippen molar-refractivity contribution in [3.05, 3.63) is 59.1 Å². The molecule has 3 heterocycles. The summed E-state index contributed by atoms with van der Waals surface area (Å²) in [5.74, 6) is 1.21. The van der Waals surface area contributed by atoms with Gasteiger partial charge in [0, 0.05) is 46.2 Å². The van der Waals surface area contributed by atoms with Gasteiger partial charge in [0.2, 0.25) is 5.91 Å². The number of benzene rings is 2. The highest BCUT2D eigenvalue weighted by Gasteiger charge is 2.67. The second-order valence-electron chi connectivity index (χ2n) is 7.74. The Morgan fingerprint density at radius 3 is 2.76 bits per heavy atom. The van der Waals surface area contributed by atoms with Crippen molar-refractivity contribution >= 4 is 46.6 Å². The van der Waals surface area contributed by atoms with E-state index in [1.807, 2.05) is 47.9 Å². The second-order valence-corrected chi connectivity index (χ2v) is 9.18. The van der Waals surface area contributed by atoms with Crippen LogP contribution in [0.15, 0.2) is 48.5 Å². The van der Waals surface area contributed by atoms with Gasteiger partial charge in [-0.3, -0.25) is 14.5 Å². The van der Waals surface area contributed by atoms with Crippen LogP contribution in [0.1, 0.15) is 18.9 Å². The molecule has 150 valence electrons. The predicted molar refractivity (Wildman–Crippen MR) is 117 cm³/mol. The van der Waals surface area contributed by atoms with Crippen molar-refractivity contribution in [1.82, 2.24) is 4.90 Å². The van der Waals surface area contributed by atoms with Crippen LogP contribution in [-0.2, 0) is 15.1 Å². The number of carbonyl (C=O) groups excluding carboxylic acids is 2. The molecule has 0 aliphatic carbocycles. The van der Waals surface area contributed by atoms with E-state index in [2.05, 4.69) is 10.2 Å². The van der Waals surface area contributed by atoms with Crippen LogP contribution in [-0.4, -0.2) is 40.9 Å². The lowest BCUT2D eigenvalue weighted by Crippen LogP contribution is -2.55. The first-order chi connectivity index (χ1) is 14.1. The Morgan fingerprint density at radius 2 is 2.00 bits per heavy atom. The van der Waals surface area contributed by atoms with Crippen LogP contribution in [0, 0.1) is 5.92 Å². The van der Waals surface area contributed by atoms with Gasteiger partial charge < -0.3 is 10.2 Å². The molecule has 2 aromatic carbocycles. The quantitative estimate of drug-likeness (QED) is 0.806. The maximum Gasteiger partial charge on any atom is 0.253 e. The zero-order valence-corrected chi connectivity index (χ0v) is 17.7. The smallest absolute Gasteiger partial charge is 0.253 e. The highest BCUT2D eigenvalue weighted by molar-refractivity contribution is 7.99. The summed E-state index contributed by atoms with van der Waals surface area (Å²) in [7, 11) is 0. The summed E-state index contributed by atoms with van der Waals surface area (Å²) >= 11 is 7.81. The molecule has 2 fully saturated rings. The molecule has 5 rings (SSSR count). The van der Waals surface area contributed by atoms with Gasteiger partial charge >= 0.3 is 0 Å². The van der Waals surface area contributed by atoms with Crippen LogP contribution in [0.2, 0.25) is 5.02 Å². The molecule has 2 amide bonds. The van der Waals surface area contributed by atoms with Crippen LogP contribution in [0.3, 0.4) is 0 Å². The Balaban J connectivity index is 1.59. The summed E-state index contributed by atoms with van der Waals surface area (Å²) in [6.45, 7) is 2.58. The number of likely N-dealkylation sites (N-methyl/N-ethyl adjacent to an activating group) is 1. The van der Waals surface area contributed by atoms with E-state index in [9.17, 15) is 9.59 Å². The minimum atomic E-state index is -0.919. The summed E-state index contributed by atoms with van der Waals surface area (Å²) in [5, 5.41) is 3.66. The van der Waals surface area contributed by atoms with E-state index < -0.39 is 11.5 Å². The Kier molecular flexibility index (Phi) is 4.61. The van der Waals surface area contributed by atoms with E-state index in [4.69, 9.17) is 11.6 Å². The number of para-hydroxylation sites is 1. The lowest BCUT2D eigenvalue weighted by molar-refractivity contribution is -0.136. The molecule has 2 aromatic rings. The van der Waals surface area contributed by atoms with Gasteiger partial charge in [-0.1, -0.05) is 29.8 Å². The number of carbonyl (C=O) groups is 2. The summed E-state index contributed by atoms with van der Waals surface area (Å²) in [5.41, 5.74) is 1.68. The SMILES string of the molecule is CCN1C(=O)[C@]2(c3ccccc31)[C@@H](C(=O)Nc1ccc(Cl)cc1)C[C@@H]1CSCN12. The van der Waals surface area contributed by atoms with E-state index in [-0.39, 0.29) is 17.9 Å². The normalized spacial score (nSPS) is 28.1. The van der Waals surface area contributed by atoms with Crippen LogP contribution >= 0.6 is 23.4 Å². The average Bonchev–Trinajstić information content (AvgIpc) is 3.37. The third-order valence-electron chi connectivity index (χ3n) is 6.37. The van der Waals surface area contributed by atoms with Gasteiger partial charge in [0.25, 0.3) is 5.91 Å². The molecule has 5 nitrogen and oxygen atoms in total. The number of hydrogen-bond acceptors (Lipinski definition) is 4. The van der Waals surface area contributed by atoms with Gasteiger partial charge in [0.1, 0.15) is 5.54 Å². The molecule has 0 bridgehead atoms. The Hall–Kier alpha value is -2.02. The summed E-state index contributed by atoms with van der Waals surface area (Å²) < 4.78 is 0. The average molecular weight is 428 g/mol. The van der Waals surface area contributed by atoms with Gasteiger partial charge in [-0.2, -0.15) is 0 Å². The van der Waals surface area contributed by atoms with Crippen molar-refractivity contribution < 1.29 is 9.59 Å². The van der Waals surface area contributed by atoms with Crippen LogP contribution in [0.5, 0.6) is 0 Å². The first-order valence-corrected chi connectivity index (χ1v) is 11.4. The van der Waals surface area contributed by atoms with Crippen molar-refractivity contribution in [1.29, 1.82) is 0 Å². The number of amides is 2. The number of nitrogens with one attached hydrogen (secondary N) is 1. The van der Waals surface area contributed by atoms with Crippen molar-refractivity contribution in [2.45, 2.75) is 24.9 Å². The second kappa shape index (κ2) is 7.04. The van der Waals surface area contributed by atoms with Gasteiger partial charge in [0.05, 0.1) is 5.92 Å². The number of fused-ring (bicyclic) bond motifs is 4. The molecule has 3 aliphatic heterocycles. The number of halogens is 1. The van der Waals surface area contributed by atoms with Crippen molar-refractivity contribution in [3.8, 4) is 0 Å². The molecule has 1 N–H and O–H groups in total. The highest BCUT2D eigenvalue weighted by Crippen LogP contribution is 2.57. The zero-order chi connectivity index (χ0) is 20.2. The number of anilines is 2. The molecule has 0 radical (unpaired) electrons. The van der Waals surface area contributed by atoms with Gasteiger partial charge in [-0.05, 0) is 43.7 Å². The van der Waals surface area contributed by atoms with Gasteiger partial charge in [-0.25, -0.2) is 0 Å². The van der Waals surface area contributed by atoms with E-state index in [1.165, 1.54) is 0 Å². The Bertz CT molecular complexity index is 982. The fourth-order valence-corrected chi connectivity index (χ4v) is 6.59. The van der Waals surface area contributed by atoms with Crippen molar-refractivity contribution in [3.63, 3.8) is 0 Å². The molecule has 29 heavy (non-hydrogen) atoms. The number of nitrogens with zero attached hydrogens (tertiary/aromatic N) is 2. The van der Waals surface area contributed by atoms with Crippen molar-refractivity contribution in [2.75, 3.05) is 28.4 Å². The predicted octanol–water partition coefficient (Wildman–Crippen LogP) is 3.94. The lowest BCUT2D eigenvalue weighted by atomic mass is 9.79. The Labute approximate surface area is 179 Å². The zero-order valence-electron chi connectivity index (χ0n) is 16.1. The molecule has 2 saturated heterocycles. The summed E-state index contributed by atoms with van der Waals surface area (Å²) in [6.07, 6.45) is 0.685. The monoisotopic (exact) mass is 427 g/mol. The van der Waals surface area contributed by atoms with Crippen LogP contribution in [0.4, 0.5) is 11.4 Å². The summed E-state index contributed by atoms with van der Waals surface area (Å²) in [4.78, 5) is 31.5. The standard InChI is InChI=1S/C22H22ClN3O2S/c1-2-25-19-6-4-3-5-17(19)22(21(25)28)18(11-16-12-29-13-26(16)22)20(27)24-15-9-7-14(23)8-10-15/h3-10,16,18H,2,11-13H2,1H3,(H,24,27)/t16-,18-,22+/m1/s1. The van der Waals surface area contributed by atoms with E-state index in [0.717, 1.165) is 22.9 Å². The maximum absolute atomic E-state index is 13.8. The molecular weight excluding hydrogens is 406 g/mol. The first kappa shape index (κ1) is 19.0. The Morgan fingerprint density at radius 1 is 1.24 bits per heavy atom. The third kappa shape index (κ3) is 2.66. The molecule has 3 atom stereocenters. The fraction of sp³-hybridized carbons (Fsp3) is 0.364. The minimum Gasteiger partial charge on any atom is -0.326 e. The van der Waals surface area contributed by atoms with Gasteiger partial charge in [0.15, 0.2) is 0 Å². The molecule has 0 saturated carbocycles. The topological polar surface area (TPSA) is 52.7 Å². The number of hydrogen-bond donors (Lipinski definition) is 1. The van der Waals surface area contributed by atoms with Crippen LogP contribution in [0.25, 0.3) is 0 Å². The van der Waals surface area contributed by atoms with Gasteiger partial charge in [-0.15, -0.1) is 11.8 Å². The van der Waals surface area contributed by atoms with E-state index in [1.54, 1.807) is 24.3 Å². The largest absolute Gasteiger partial charge is 0.326 e. The van der Waals surface area contributed by atoms with Crippen LogP contribution < -0.4 is 10.2 Å². The maximum atomic E-state index is 13.8. The lowest BCUT2D eigenvalue weighted by Gasteiger charge is -2.36. The summed E-state index contributed by atoms with van der Waals surface area (Å²) in [6, 6.07) is 15.3. The molecule has 3 aliphatic rings. The minimum absolute atomic E-state index is 0.0301. The molecule has 0 unspecified atom stereocenters. The fourth-order valence-electron chi connectivity index (χ4n) is 5.16. The van der Waals surface area contributed by atoms with Crippen molar-refractivity contribution in [2.24, 2.45) is 5.92 Å². The molecule has 7 heteroatoms. The molecule has 0 aromatic heterocycles. The molecular formula is C22H22ClN3O2S. The number of rotatable bonds is 3. The number of thioether (sulfide) groups is 1.